The summed E-state index contributed by atoms with van der Waals surface area (Å²) in [6.45, 7) is 1.01. The third-order valence-electron chi connectivity index (χ3n) is 4.60. The second-order valence-corrected chi connectivity index (χ2v) is 6.14. The standard InChI is InChI=1S/C18H17N5O2/c19-18(25)23-16-3-1-13-2-4-17(24)22(10-12-5-7-20-8-6-12)11-15(13)14(16)9-21-23/h1,3,5-9H,2,4,10-11H2,(H2,19,25). The zero-order valence-electron chi connectivity index (χ0n) is 13.6. The maximum atomic E-state index is 12.6. The van der Waals surface area contributed by atoms with Gasteiger partial charge in [-0.05, 0) is 41.3 Å². The van der Waals surface area contributed by atoms with Crippen LogP contribution in [0.15, 0.2) is 42.9 Å². The summed E-state index contributed by atoms with van der Waals surface area (Å²) in [7, 11) is 0. The normalized spacial score (nSPS) is 14.4. The average Bonchev–Trinajstić information content (AvgIpc) is 2.99. The maximum absolute atomic E-state index is 12.6. The Labute approximate surface area is 144 Å². The van der Waals surface area contributed by atoms with Crippen molar-refractivity contribution >= 4 is 22.8 Å². The van der Waals surface area contributed by atoms with Crippen molar-refractivity contribution in [3.05, 3.63) is 59.5 Å². The Kier molecular flexibility index (Phi) is 3.68. The number of rotatable bonds is 2. The highest BCUT2D eigenvalue weighted by atomic mass is 16.2. The first-order valence-electron chi connectivity index (χ1n) is 8.08. The first-order valence-corrected chi connectivity index (χ1v) is 8.08. The number of hydrogen-bond donors (Lipinski definition) is 1. The molecule has 3 aromatic rings. The van der Waals surface area contributed by atoms with E-state index in [1.807, 2.05) is 29.2 Å². The zero-order chi connectivity index (χ0) is 17.4. The summed E-state index contributed by atoms with van der Waals surface area (Å²) in [5.74, 6) is 0.114. The molecule has 7 nitrogen and oxygen atoms in total. The van der Waals surface area contributed by atoms with E-state index in [0.717, 1.165) is 22.1 Å². The third-order valence-corrected chi connectivity index (χ3v) is 4.60. The third kappa shape index (κ3) is 2.73. The zero-order valence-corrected chi connectivity index (χ0v) is 13.6. The van der Waals surface area contributed by atoms with Crippen LogP contribution in [0.2, 0.25) is 0 Å². The van der Waals surface area contributed by atoms with Crippen LogP contribution < -0.4 is 5.73 Å². The van der Waals surface area contributed by atoms with Crippen LogP contribution in [0, 0.1) is 0 Å². The second kappa shape index (κ2) is 6.01. The van der Waals surface area contributed by atoms with Crippen molar-refractivity contribution in [3.8, 4) is 0 Å². The van der Waals surface area contributed by atoms with E-state index in [2.05, 4.69) is 10.1 Å². The van der Waals surface area contributed by atoms with Crippen LogP contribution in [-0.4, -0.2) is 31.6 Å². The Morgan fingerprint density at radius 2 is 1.96 bits per heavy atom. The molecule has 2 amide bonds. The Morgan fingerprint density at radius 3 is 2.72 bits per heavy atom. The van der Waals surface area contributed by atoms with Crippen LogP contribution in [0.4, 0.5) is 4.79 Å². The number of benzene rings is 1. The Bertz CT molecular complexity index is 964. The second-order valence-electron chi connectivity index (χ2n) is 6.14. The molecule has 3 heterocycles. The molecule has 7 heteroatoms. The van der Waals surface area contributed by atoms with Gasteiger partial charge in [0.1, 0.15) is 0 Å². The number of carbonyl (C=O) groups is 2. The number of hydrogen-bond acceptors (Lipinski definition) is 4. The first kappa shape index (κ1) is 15.3. The van der Waals surface area contributed by atoms with Gasteiger partial charge in [0.05, 0.1) is 11.7 Å². The molecule has 126 valence electrons. The minimum absolute atomic E-state index is 0.114. The molecular formula is C18H17N5O2. The van der Waals surface area contributed by atoms with Crippen molar-refractivity contribution < 1.29 is 9.59 Å². The molecule has 0 fully saturated rings. The average molecular weight is 335 g/mol. The van der Waals surface area contributed by atoms with Gasteiger partial charge in [0.25, 0.3) is 0 Å². The quantitative estimate of drug-likeness (QED) is 0.773. The lowest BCUT2D eigenvalue weighted by molar-refractivity contribution is -0.132. The molecule has 0 spiro atoms. The SMILES string of the molecule is NC(=O)n1ncc2c3c(ccc21)CCC(=O)N(Cc1ccncc1)C3. The van der Waals surface area contributed by atoms with Crippen molar-refractivity contribution in [1.82, 2.24) is 19.7 Å². The van der Waals surface area contributed by atoms with Crippen LogP contribution in [0.5, 0.6) is 0 Å². The van der Waals surface area contributed by atoms with Crippen LogP contribution >= 0.6 is 0 Å². The highest BCUT2D eigenvalue weighted by molar-refractivity contribution is 5.92. The van der Waals surface area contributed by atoms with Crippen LogP contribution in [0.1, 0.15) is 23.1 Å². The largest absolute Gasteiger partial charge is 0.350 e. The summed E-state index contributed by atoms with van der Waals surface area (Å²) in [6, 6.07) is 7.00. The van der Waals surface area contributed by atoms with E-state index in [9.17, 15) is 9.59 Å². The Morgan fingerprint density at radius 1 is 1.16 bits per heavy atom. The van der Waals surface area contributed by atoms with Crippen molar-refractivity contribution in [3.63, 3.8) is 0 Å². The molecular weight excluding hydrogens is 318 g/mol. The van der Waals surface area contributed by atoms with Crippen LogP contribution in [0.3, 0.4) is 0 Å². The fourth-order valence-electron chi connectivity index (χ4n) is 3.33. The van der Waals surface area contributed by atoms with Crippen LogP contribution in [-0.2, 0) is 24.3 Å². The number of aryl methyl sites for hydroxylation is 1. The van der Waals surface area contributed by atoms with Gasteiger partial charge in [-0.1, -0.05) is 6.07 Å². The fraction of sp³-hybridized carbons (Fsp3) is 0.222. The molecule has 2 N–H and O–H groups in total. The maximum Gasteiger partial charge on any atom is 0.340 e. The smallest absolute Gasteiger partial charge is 0.340 e. The number of fused-ring (bicyclic) bond motifs is 3. The van der Waals surface area contributed by atoms with Gasteiger partial charge in [-0.3, -0.25) is 9.78 Å². The molecule has 0 saturated heterocycles. The molecule has 25 heavy (non-hydrogen) atoms. The highest BCUT2D eigenvalue weighted by Crippen LogP contribution is 2.28. The van der Waals surface area contributed by atoms with Gasteiger partial charge in [-0.2, -0.15) is 9.78 Å². The summed E-state index contributed by atoms with van der Waals surface area (Å²) in [6.07, 6.45) is 6.24. The minimum Gasteiger partial charge on any atom is -0.350 e. The predicted molar refractivity (Wildman–Crippen MR) is 91.5 cm³/mol. The summed E-state index contributed by atoms with van der Waals surface area (Å²) in [4.78, 5) is 29.9. The number of carbonyl (C=O) groups excluding carboxylic acids is 2. The lowest BCUT2D eigenvalue weighted by Gasteiger charge is -2.21. The molecule has 0 unspecified atom stereocenters. The predicted octanol–water partition coefficient (Wildman–Crippen LogP) is 1.83. The van der Waals surface area contributed by atoms with Gasteiger partial charge in [-0.25, -0.2) is 4.79 Å². The van der Waals surface area contributed by atoms with Gasteiger partial charge in [0.15, 0.2) is 0 Å². The fourth-order valence-corrected chi connectivity index (χ4v) is 3.33. The van der Waals surface area contributed by atoms with Gasteiger partial charge in [-0.15, -0.1) is 0 Å². The summed E-state index contributed by atoms with van der Waals surface area (Å²) < 4.78 is 1.19. The summed E-state index contributed by atoms with van der Waals surface area (Å²) >= 11 is 0. The minimum atomic E-state index is -0.617. The Hall–Kier alpha value is -3.22. The van der Waals surface area contributed by atoms with Gasteiger partial charge in [0, 0.05) is 37.3 Å². The highest BCUT2D eigenvalue weighted by Gasteiger charge is 2.23. The molecule has 0 aliphatic carbocycles. The molecule has 0 atom stereocenters. The van der Waals surface area contributed by atoms with Crippen molar-refractivity contribution in [2.75, 3.05) is 0 Å². The molecule has 0 bridgehead atoms. The molecule has 4 rings (SSSR count). The number of primary amides is 1. The Balaban J connectivity index is 1.75. The lowest BCUT2D eigenvalue weighted by atomic mass is 10.0. The van der Waals surface area contributed by atoms with Crippen molar-refractivity contribution in [2.45, 2.75) is 25.9 Å². The molecule has 1 aliphatic heterocycles. The molecule has 2 aromatic heterocycles. The van der Waals surface area contributed by atoms with E-state index in [4.69, 9.17) is 5.73 Å². The summed E-state index contributed by atoms with van der Waals surface area (Å²) in [5, 5.41) is 4.96. The van der Waals surface area contributed by atoms with Gasteiger partial charge >= 0.3 is 6.03 Å². The van der Waals surface area contributed by atoms with E-state index < -0.39 is 6.03 Å². The van der Waals surface area contributed by atoms with Gasteiger partial charge < -0.3 is 10.6 Å². The molecule has 0 radical (unpaired) electrons. The first-order chi connectivity index (χ1) is 12.1. The molecule has 1 aliphatic rings. The number of nitrogens with two attached hydrogens (primary N) is 1. The van der Waals surface area contributed by atoms with E-state index in [-0.39, 0.29) is 5.91 Å². The topological polar surface area (TPSA) is 94.1 Å². The van der Waals surface area contributed by atoms with Gasteiger partial charge in [0.2, 0.25) is 5.91 Å². The van der Waals surface area contributed by atoms with E-state index in [0.29, 0.717) is 31.4 Å². The van der Waals surface area contributed by atoms with Crippen LogP contribution in [0.25, 0.3) is 10.9 Å². The molecule has 1 aromatic carbocycles. The van der Waals surface area contributed by atoms with E-state index >= 15 is 0 Å². The van der Waals surface area contributed by atoms with E-state index in [1.165, 1.54) is 4.68 Å². The van der Waals surface area contributed by atoms with E-state index in [1.54, 1.807) is 18.6 Å². The summed E-state index contributed by atoms with van der Waals surface area (Å²) in [5.41, 5.74) is 9.22. The number of amides is 2. The van der Waals surface area contributed by atoms with Crippen molar-refractivity contribution in [2.24, 2.45) is 5.73 Å². The monoisotopic (exact) mass is 335 g/mol. The van der Waals surface area contributed by atoms with Crippen molar-refractivity contribution in [1.29, 1.82) is 0 Å². The molecule has 0 saturated carbocycles. The lowest BCUT2D eigenvalue weighted by Crippen LogP contribution is -2.28. The number of nitrogens with zero attached hydrogens (tertiary/aromatic N) is 4. The number of pyridine rings is 1. The number of aromatic nitrogens is 3.